The molecule has 0 fully saturated rings. The molecule has 19 heavy (non-hydrogen) atoms. The maximum atomic E-state index is 5.81. The minimum absolute atomic E-state index is 0.308. The standard InChI is InChI=1S/C17H29NO/c1-5-15-7-9-16(10-8-15)17(18-6-2)13-19-12-11-14(3)4/h7-10,14,17-18H,5-6,11-13H2,1-4H3. The first-order valence-corrected chi connectivity index (χ1v) is 7.57. The summed E-state index contributed by atoms with van der Waals surface area (Å²) in [4.78, 5) is 0. The minimum atomic E-state index is 0.308. The van der Waals surface area contributed by atoms with Crippen molar-refractivity contribution in [1.82, 2.24) is 5.32 Å². The lowest BCUT2D eigenvalue weighted by Gasteiger charge is -2.19. The summed E-state index contributed by atoms with van der Waals surface area (Å²) in [7, 11) is 0. The fourth-order valence-corrected chi connectivity index (χ4v) is 2.03. The van der Waals surface area contributed by atoms with E-state index in [4.69, 9.17) is 4.74 Å². The maximum absolute atomic E-state index is 5.81. The van der Waals surface area contributed by atoms with Gasteiger partial charge in [-0.25, -0.2) is 0 Å². The van der Waals surface area contributed by atoms with Crippen LogP contribution < -0.4 is 5.32 Å². The van der Waals surface area contributed by atoms with Crippen molar-refractivity contribution in [2.75, 3.05) is 19.8 Å². The molecule has 1 unspecified atom stereocenters. The number of ether oxygens (including phenoxy) is 1. The van der Waals surface area contributed by atoms with E-state index in [1.165, 1.54) is 11.1 Å². The second kappa shape index (κ2) is 9.11. The average molecular weight is 263 g/mol. The largest absolute Gasteiger partial charge is 0.379 e. The molecular weight excluding hydrogens is 234 g/mol. The Morgan fingerprint density at radius 1 is 1.11 bits per heavy atom. The number of nitrogens with one attached hydrogen (secondary N) is 1. The van der Waals surface area contributed by atoms with Crippen LogP contribution in [0.15, 0.2) is 24.3 Å². The molecule has 1 atom stereocenters. The van der Waals surface area contributed by atoms with Gasteiger partial charge in [-0.3, -0.25) is 0 Å². The number of benzene rings is 1. The summed E-state index contributed by atoms with van der Waals surface area (Å²) in [5.74, 6) is 0.710. The van der Waals surface area contributed by atoms with Gasteiger partial charge in [0, 0.05) is 6.61 Å². The molecule has 1 rings (SSSR count). The van der Waals surface area contributed by atoms with Gasteiger partial charge in [0.05, 0.1) is 12.6 Å². The third kappa shape index (κ3) is 6.22. The zero-order valence-electron chi connectivity index (χ0n) is 12.9. The fourth-order valence-electron chi connectivity index (χ4n) is 2.03. The Morgan fingerprint density at radius 2 is 1.79 bits per heavy atom. The van der Waals surface area contributed by atoms with E-state index >= 15 is 0 Å². The number of hydrogen-bond acceptors (Lipinski definition) is 2. The highest BCUT2D eigenvalue weighted by Gasteiger charge is 2.10. The van der Waals surface area contributed by atoms with Crippen LogP contribution in [0.4, 0.5) is 0 Å². The number of aryl methyl sites for hydroxylation is 1. The molecule has 1 aromatic rings. The predicted molar refractivity (Wildman–Crippen MR) is 82.5 cm³/mol. The van der Waals surface area contributed by atoms with Crippen molar-refractivity contribution in [3.63, 3.8) is 0 Å². The summed E-state index contributed by atoms with van der Waals surface area (Å²) < 4.78 is 5.81. The van der Waals surface area contributed by atoms with Gasteiger partial charge in [0.15, 0.2) is 0 Å². The summed E-state index contributed by atoms with van der Waals surface area (Å²) in [6.07, 6.45) is 2.23. The van der Waals surface area contributed by atoms with Crippen LogP contribution in [0.25, 0.3) is 0 Å². The SMILES string of the molecule is CCNC(COCCC(C)C)c1ccc(CC)cc1. The van der Waals surface area contributed by atoms with Gasteiger partial charge in [-0.05, 0) is 36.4 Å². The Kier molecular flexibility index (Phi) is 7.76. The van der Waals surface area contributed by atoms with Gasteiger partial charge < -0.3 is 10.1 Å². The number of likely N-dealkylation sites (N-methyl/N-ethyl adjacent to an activating group) is 1. The first kappa shape index (κ1) is 16.2. The molecule has 0 aliphatic rings. The Bertz CT molecular complexity index is 332. The molecule has 2 heteroatoms. The van der Waals surface area contributed by atoms with Gasteiger partial charge in [-0.2, -0.15) is 0 Å². The Morgan fingerprint density at radius 3 is 2.32 bits per heavy atom. The predicted octanol–water partition coefficient (Wildman–Crippen LogP) is 3.96. The molecule has 0 aliphatic heterocycles. The van der Waals surface area contributed by atoms with Crippen LogP contribution >= 0.6 is 0 Å². The summed E-state index contributed by atoms with van der Waals surface area (Å²) >= 11 is 0. The molecule has 0 aliphatic carbocycles. The van der Waals surface area contributed by atoms with E-state index in [0.29, 0.717) is 12.0 Å². The van der Waals surface area contributed by atoms with E-state index in [1.54, 1.807) is 0 Å². The lowest BCUT2D eigenvalue weighted by atomic mass is 10.0. The Hall–Kier alpha value is -0.860. The van der Waals surface area contributed by atoms with Gasteiger partial charge in [-0.15, -0.1) is 0 Å². The maximum Gasteiger partial charge on any atom is 0.0661 e. The lowest BCUT2D eigenvalue weighted by molar-refractivity contribution is 0.103. The molecule has 0 saturated heterocycles. The first-order valence-electron chi connectivity index (χ1n) is 7.57. The second-order valence-corrected chi connectivity index (χ2v) is 5.46. The highest BCUT2D eigenvalue weighted by Crippen LogP contribution is 2.15. The van der Waals surface area contributed by atoms with E-state index in [2.05, 4.69) is 57.3 Å². The molecule has 0 radical (unpaired) electrons. The quantitative estimate of drug-likeness (QED) is 0.681. The molecule has 1 N–H and O–H groups in total. The monoisotopic (exact) mass is 263 g/mol. The van der Waals surface area contributed by atoms with Crippen LogP contribution in [0.5, 0.6) is 0 Å². The zero-order valence-corrected chi connectivity index (χ0v) is 12.9. The highest BCUT2D eigenvalue weighted by atomic mass is 16.5. The van der Waals surface area contributed by atoms with Crippen molar-refractivity contribution in [3.05, 3.63) is 35.4 Å². The van der Waals surface area contributed by atoms with Gasteiger partial charge >= 0.3 is 0 Å². The van der Waals surface area contributed by atoms with Crippen molar-refractivity contribution >= 4 is 0 Å². The van der Waals surface area contributed by atoms with E-state index in [0.717, 1.165) is 32.6 Å². The van der Waals surface area contributed by atoms with Crippen LogP contribution in [-0.2, 0) is 11.2 Å². The molecule has 1 aromatic carbocycles. The first-order chi connectivity index (χ1) is 9.17. The van der Waals surface area contributed by atoms with Crippen LogP contribution in [0.3, 0.4) is 0 Å². The summed E-state index contributed by atoms with van der Waals surface area (Å²) in [6, 6.07) is 9.18. The molecule has 2 nitrogen and oxygen atoms in total. The smallest absolute Gasteiger partial charge is 0.0661 e. The van der Waals surface area contributed by atoms with Crippen molar-refractivity contribution in [2.45, 2.75) is 46.6 Å². The Balaban J connectivity index is 2.50. The van der Waals surface area contributed by atoms with Crippen molar-refractivity contribution in [3.8, 4) is 0 Å². The van der Waals surface area contributed by atoms with E-state index in [9.17, 15) is 0 Å². The third-order valence-electron chi connectivity index (χ3n) is 3.36. The summed E-state index contributed by atoms with van der Waals surface area (Å²) in [6.45, 7) is 11.4. The lowest BCUT2D eigenvalue weighted by Crippen LogP contribution is -2.25. The Labute approximate surface area is 118 Å². The van der Waals surface area contributed by atoms with Crippen molar-refractivity contribution in [2.24, 2.45) is 5.92 Å². The average Bonchev–Trinajstić information content (AvgIpc) is 2.42. The normalized spacial score (nSPS) is 12.9. The van der Waals surface area contributed by atoms with Gasteiger partial charge in [0.25, 0.3) is 0 Å². The minimum Gasteiger partial charge on any atom is -0.379 e. The molecule has 0 bridgehead atoms. The topological polar surface area (TPSA) is 21.3 Å². The molecule has 0 aromatic heterocycles. The summed E-state index contributed by atoms with van der Waals surface area (Å²) in [5, 5.41) is 3.50. The van der Waals surface area contributed by atoms with Crippen LogP contribution in [-0.4, -0.2) is 19.8 Å². The van der Waals surface area contributed by atoms with E-state index in [-0.39, 0.29) is 0 Å². The highest BCUT2D eigenvalue weighted by molar-refractivity contribution is 5.25. The van der Waals surface area contributed by atoms with Crippen LogP contribution in [0.2, 0.25) is 0 Å². The summed E-state index contributed by atoms with van der Waals surface area (Å²) in [5.41, 5.74) is 2.71. The molecule has 0 heterocycles. The fraction of sp³-hybridized carbons (Fsp3) is 0.647. The molecule has 0 saturated carbocycles. The molecular formula is C17H29NO. The van der Waals surface area contributed by atoms with Crippen LogP contribution in [0.1, 0.15) is 51.3 Å². The van der Waals surface area contributed by atoms with Gasteiger partial charge in [-0.1, -0.05) is 52.0 Å². The second-order valence-electron chi connectivity index (χ2n) is 5.46. The molecule has 0 amide bonds. The van der Waals surface area contributed by atoms with Gasteiger partial charge in [0.2, 0.25) is 0 Å². The van der Waals surface area contributed by atoms with Crippen molar-refractivity contribution < 1.29 is 4.74 Å². The molecule has 108 valence electrons. The number of rotatable bonds is 9. The van der Waals surface area contributed by atoms with E-state index in [1.807, 2.05) is 0 Å². The van der Waals surface area contributed by atoms with E-state index < -0.39 is 0 Å². The van der Waals surface area contributed by atoms with Gasteiger partial charge in [0.1, 0.15) is 0 Å². The zero-order chi connectivity index (χ0) is 14.1. The third-order valence-corrected chi connectivity index (χ3v) is 3.36. The van der Waals surface area contributed by atoms with Crippen LogP contribution in [0, 0.1) is 5.92 Å². The van der Waals surface area contributed by atoms with Crippen molar-refractivity contribution in [1.29, 1.82) is 0 Å². The number of hydrogen-bond donors (Lipinski definition) is 1. The molecule has 0 spiro atoms.